The number of hydrogen-bond donors (Lipinski definition) is 2. The van der Waals surface area contributed by atoms with Gasteiger partial charge in [0.2, 0.25) is 0 Å². The van der Waals surface area contributed by atoms with Crippen molar-refractivity contribution in [3.8, 4) is 0 Å². The first-order valence-corrected chi connectivity index (χ1v) is 9.60. The monoisotopic (exact) mass is 354 g/mol. The number of rotatable bonds is 4. The molecule has 4 heteroatoms. The molecule has 2 nitrogen and oxygen atoms in total. The molecule has 4 fully saturated rings. The van der Waals surface area contributed by atoms with Gasteiger partial charge in [0, 0.05) is 15.4 Å². The second-order valence-electron chi connectivity index (χ2n) is 7.18. The summed E-state index contributed by atoms with van der Waals surface area (Å²) in [4.78, 5) is 1.45. The van der Waals surface area contributed by atoms with E-state index >= 15 is 0 Å². The molecule has 1 atom stereocenters. The summed E-state index contributed by atoms with van der Waals surface area (Å²) >= 11 is 5.52. The van der Waals surface area contributed by atoms with Crippen molar-refractivity contribution in [1.82, 2.24) is 5.43 Å². The number of hydrogen-bond acceptors (Lipinski definition) is 3. The molecule has 20 heavy (non-hydrogen) atoms. The van der Waals surface area contributed by atoms with Crippen molar-refractivity contribution >= 4 is 27.3 Å². The van der Waals surface area contributed by atoms with Crippen molar-refractivity contribution < 1.29 is 0 Å². The van der Waals surface area contributed by atoms with E-state index in [4.69, 9.17) is 5.84 Å². The molecule has 0 aliphatic heterocycles. The second kappa shape index (κ2) is 5.38. The topological polar surface area (TPSA) is 38.0 Å². The van der Waals surface area contributed by atoms with Gasteiger partial charge in [-0.3, -0.25) is 11.3 Å². The van der Waals surface area contributed by atoms with Crippen LogP contribution in [0.5, 0.6) is 0 Å². The average Bonchev–Trinajstić information content (AvgIpc) is 2.81. The lowest BCUT2D eigenvalue weighted by molar-refractivity contribution is -0.0516. The lowest BCUT2D eigenvalue weighted by atomic mass is 9.50. The molecule has 1 heterocycles. The largest absolute Gasteiger partial charge is 0.271 e. The zero-order chi connectivity index (χ0) is 13.7. The zero-order valence-electron chi connectivity index (χ0n) is 11.7. The van der Waals surface area contributed by atoms with E-state index in [2.05, 4.69) is 32.8 Å². The highest BCUT2D eigenvalue weighted by molar-refractivity contribution is 9.10. The standard InChI is InChI=1S/C16H23BrN2S/c17-13-1-2-20-15(13)8-14(19-18)16-11-4-9-3-10(6-11)7-12(16)5-9/h1-2,9-12,14,16,19H,3-8,18H2. The molecule has 1 aromatic rings. The predicted molar refractivity (Wildman–Crippen MR) is 87.4 cm³/mol. The highest BCUT2D eigenvalue weighted by Crippen LogP contribution is 2.57. The lowest BCUT2D eigenvalue weighted by Gasteiger charge is -2.56. The highest BCUT2D eigenvalue weighted by atomic mass is 79.9. The fourth-order valence-corrected chi connectivity index (χ4v) is 7.18. The number of nitrogens with one attached hydrogen (secondary N) is 1. The van der Waals surface area contributed by atoms with Gasteiger partial charge in [-0.1, -0.05) is 0 Å². The maximum Gasteiger partial charge on any atom is 0.0314 e. The summed E-state index contributed by atoms with van der Waals surface area (Å²) in [7, 11) is 0. The van der Waals surface area contributed by atoms with Crippen LogP contribution in [0.3, 0.4) is 0 Å². The van der Waals surface area contributed by atoms with E-state index in [0.717, 1.165) is 36.0 Å². The summed E-state index contributed by atoms with van der Waals surface area (Å²) in [6.07, 6.45) is 8.50. The fourth-order valence-electron chi connectivity index (χ4n) is 5.60. The van der Waals surface area contributed by atoms with E-state index in [1.165, 1.54) is 41.5 Å². The normalized spacial score (nSPS) is 40.2. The summed E-state index contributed by atoms with van der Waals surface area (Å²) < 4.78 is 1.26. The molecule has 0 amide bonds. The van der Waals surface area contributed by atoms with Gasteiger partial charge in [-0.05, 0) is 95.5 Å². The number of hydrazine groups is 1. The third kappa shape index (κ3) is 2.29. The molecule has 4 aliphatic rings. The Morgan fingerprint density at radius 1 is 1.20 bits per heavy atom. The third-order valence-electron chi connectivity index (χ3n) is 6.07. The quantitative estimate of drug-likeness (QED) is 0.634. The van der Waals surface area contributed by atoms with Gasteiger partial charge in [-0.15, -0.1) is 11.3 Å². The second-order valence-corrected chi connectivity index (χ2v) is 9.03. The van der Waals surface area contributed by atoms with Crippen molar-refractivity contribution in [1.29, 1.82) is 0 Å². The Hall–Kier alpha value is 0.100. The van der Waals surface area contributed by atoms with Gasteiger partial charge in [0.15, 0.2) is 0 Å². The van der Waals surface area contributed by atoms with Gasteiger partial charge >= 0.3 is 0 Å². The number of thiophene rings is 1. The summed E-state index contributed by atoms with van der Waals surface area (Å²) in [6, 6.07) is 2.62. The van der Waals surface area contributed by atoms with Crippen LogP contribution in [0.25, 0.3) is 0 Å². The molecule has 1 aromatic heterocycles. The van der Waals surface area contributed by atoms with Gasteiger partial charge in [-0.2, -0.15) is 0 Å². The summed E-state index contributed by atoms with van der Waals surface area (Å²) in [6.45, 7) is 0. The van der Waals surface area contributed by atoms with E-state index in [9.17, 15) is 0 Å². The van der Waals surface area contributed by atoms with Crippen molar-refractivity contribution in [3.05, 3.63) is 20.8 Å². The van der Waals surface area contributed by atoms with Crippen LogP contribution >= 0.6 is 27.3 Å². The molecule has 4 bridgehead atoms. The van der Waals surface area contributed by atoms with Crippen LogP contribution in [0.4, 0.5) is 0 Å². The SMILES string of the molecule is NNC(Cc1sccc1Br)C1C2CC3CC(C2)CC1C3. The van der Waals surface area contributed by atoms with Crippen LogP contribution in [0.15, 0.2) is 15.9 Å². The van der Waals surface area contributed by atoms with Crippen LogP contribution in [0.2, 0.25) is 0 Å². The molecular weight excluding hydrogens is 332 g/mol. The van der Waals surface area contributed by atoms with Crippen molar-refractivity contribution in [2.75, 3.05) is 0 Å². The summed E-state index contributed by atoms with van der Waals surface area (Å²) in [5, 5.41) is 2.17. The maximum atomic E-state index is 5.96. The smallest absolute Gasteiger partial charge is 0.0314 e. The number of halogens is 1. The van der Waals surface area contributed by atoms with Crippen LogP contribution < -0.4 is 11.3 Å². The average molecular weight is 355 g/mol. The van der Waals surface area contributed by atoms with Crippen LogP contribution in [0.1, 0.15) is 37.0 Å². The Morgan fingerprint density at radius 2 is 1.85 bits per heavy atom. The Labute approximate surface area is 133 Å². The molecule has 0 saturated heterocycles. The molecule has 4 aliphatic carbocycles. The Balaban J connectivity index is 1.54. The van der Waals surface area contributed by atoms with Crippen LogP contribution in [-0.4, -0.2) is 6.04 Å². The minimum Gasteiger partial charge on any atom is -0.271 e. The minimum atomic E-state index is 0.458. The third-order valence-corrected chi connectivity index (χ3v) is 8.02. The Bertz CT molecular complexity index is 459. The van der Waals surface area contributed by atoms with E-state index < -0.39 is 0 Å². The highest BCUT2D eigenvalue weighted by Gasteiger charge is 2.50. The van der Waals surface area contributed by atoms with Crippen molar-refractivity contribution in [3.63, 3.8) is 0 Å². The summed E-state index contributed by atoms with van der Waals surface area (Å²) in [5.41, 5.74) is 3.18. The molecule has 5 rings (SSSR count). The minimum absolute atomic E-state index is 0.458. The lowest BCUT2D eigenvalue weighted by Crippen LogP contribution is -2.55. The molecule has 0 radical (unpaired) electrons. The maximum absolute atomic E-state index is 5.96. The van der Waals surface area contributed by atoms with Gasteiger partial charge in [0.25, 0.3) is 0 Å². The molecule has 110 valence electrons. The predicted octanol–water partition coefficient (Wildman–Crippen LogP) is 3.96. The van der Waals surface area contributed by atoms with Crippen molar-refractivity contribution in [2.24, 2.45) is 35.4 Å². The first kappa shape index (κ1) is 13.7. The number of nitrogens with two attached hydrogens (primary N) is 1. The molecule has 1 unspecified atom stereocenters. The van der Waals surface area contributed by atoms with Crippen LogP contribution in [-0.2, 0) is 6.42 Å². The van der Waals surface area contributed by atoms with Gasteiger partial charge in [0.05, 0.1) is 0 Å². The van der Waals surface area contributed by atoms with E-state index in [1.54, 1.807) is 0 Å². The van der Waals surface area contributed by atoms with E-state index in [-0.39, 0.29) is 0 Å². The van der Waals surface area contributed by atoms with E-state index in [1.807, 2.05) is 11.3 Å². The zero-order valence-corrected chi connectivity index (χ0v) is 14.1. The van der Waals surface area contributed by atoms with E-state index in [0.29, 0.717) is 6.04 Å². The first-order chi connectivity index (χ1) is 9.74. The molecular formula is C16H23BrN2S. The van der Waals surface area contributed by atoms with Gasteiger partial charge in [0.1, 0.15) is 0 Å². The fraction of sp³-hybridized carbons (Fsp3) is 0.750. The first-order valence-electron chi connectivity index (χ1n) is 7.92. The summed E-state index contributed by atoms with van der Waals surface area (Å²) in [5.74, 6) is 10.7. The van der Waals surface area contributed by atoms with Gasteiger partial charge in [-0.25, -0.2) is 0 Å². The molecule has 0 aromatic carbocycles. The molecule has 0 spiro atoms. The van der Waals surface area contributed by atoms with Gasteiger partial charge < -0.3 is 0 Å². The van der Waals surface area contributed by atoms with Crippen LogP contribution in [0, 0.1) is 29.6 Å². The van der Waals surface area contributed by atoms with Crippen molar-refractivity contribution in [2.45, 2.75) is 44.6 Å². The Kier molecular flexibility index (Phi) is 3.70. The Morgan fingerprint density at radius 3 is 2.35 bits per heavy atom. The molecule has 3 N–H and O–H groups in total. The molecule has 4 saturated carbocycles.